The summed E-state index contributed by atoms with van der Waals surface area (Å²) in [5.74, 6) is 0.303. The van der Waals surface area contributed by atoms with Crippen LogP contribution in [-0.4, -0.2) is 20.6 Å². The molecule has 0 fully saturated rings. The summed E-state index contributed by atoms with van der Waals surface area (Å²) >= 11 is 0. The van der Waals surface area contributed by atoms with Gasteiger partial charge in [0.25, 0.3) is 0 Å². The number of aryl methyl sites for hydroxylation is 2. The van der Waals surface area contributed by atoms with Gasteiger partial charge in [-0.3, -0.25) is 4.79 Å². The Morgan fingerprint density at radius 2 is 1.78 bits per heavy atom. The van der Waals surface area contributed by atoms with Crippen LogP contribution in [0, 0.1) is 6.92 Å². The molecule has 1 heterocycles. The van der Waals surface area contributed by atoms with Gasteiger partial charge in [-0.15, -0.1) is 0 Å². The molecule has 162 valence electrons. The van der Waals surface area contributed by atoms with E-state index in [1.54, 1.807) is 6.20 Å². The lowest BCUT2D eigenvalue weighted by Crippen LogP contribution is -2.12. The number of imidazole rings is 1. The fourth-order valence-corrected chi connectivity index (χ4v) is 3.80. The van der Waals surface area contributed by atoms with E-state index >= 15 is 0 Å². The van der Waals surface area contributed by atoms with Gasteiger partial charge >= 0.3 is 5.97 Å². The molecule has 1 atom stereocenters. The summed E-state index contributed by atoms with van der Waals surface area (Å²) in [4.78, 5) is 15.8. The maximum Gasteiger partial charge on any atom is 0.304 e. The van der Waals surface area contributed by atoms with Crippen LogP contribution in [0.5, 0.6) is 5.75 Å². The topological polar surface area (TPSA) is 64.3 Å². The molecule has 0 amide bonds. The third-order valence-electron chi connectivity index (χ3n) is 5.55. The average Bonchev–Trinajstić information content (AvgIpc) is 3.22. The van der Waals surface area contributed by atoms with Gasteiger partial charge in [-0.1, -0.05) is 60.2 Å². The van der Waals surface area contributed by atoms with Crippen molar-refractivity contribution in [1.29, 1.82) is 0 Å². The van der Waals surface area contributed by atoms with Crippen LogP contribution < -0.4 is 4.74 Å². The van der Waals surface area contributed by atoms with Crippen LogP contribution in [0.2, 0.25) is 0 Å². The van der Waals surface area contributed by atoms with Crippen molar-refractivity contribution >= 4 is 5.97 Å². The zero-order valence-electron chi connectivity index (χ0n) is 18.2. The van der Waals surface area contributed by atoms with Gasteiger partial charge in [0.1, 0.15) is 18.2 Å². The van der Waals surface area contributed by atoms with Gasteiger partial charge in [0, 0.05) is 19.4 Å². The molecule has 0 unspecified atom stereocenters. The Balaban J connectivity index is 1.46. The molecule has 32 heavy (non-hydrogen) atoms. The van der Waals surface area contributed by atoms with E-state index in [2.05, 4.69) is 54.4 Å². The highest BCUT2D eigenvalue weighted by atomic mass is 16.5. The first kappa shape index (κ1) is 21.4. The van der Waals surface area contributed by atoms with Crippen LogP contribution in [0.15, 0.2) is 85.2 Å². The van der Waals surface area contributed by atoms with Crippen LogP contribution in [0.1, 0.15) is 34.9 Å². The number of nitrogens with zero attached hydrogens (tertiary/aromatic N) is 2. The number of carbonyl (C=O) groups is 1. The number of rotatable bonds is 8. The van der Waals surface area contributed by atoms with Crippen LogP contribution in [0.25, 0.3) is 11.1 Å². The van der Waals surface area contributed by atoms with E-state index in [1.165, 1.54) is 11.1 Å². The molecule has 0 saturated carbocycles. The quantitative estimate of drug-likeness (QED) is 0.399. The Labute approximate surface area is 188 Å². The molecule has 0 aliphatic carbocycles. The second kappa shape index (κ2) is 9.52. The zero-order valence-corrected chi connectivity index (χ0v) is 18.2. The van der Waals surface area contributed by atoms with Crippen molar-refractivity contribution in [2.24, 2.45) is 7.05 Å². The van der Waals surface area contributed by atoms with Gasteiger partial charge in [-0.2, -0.15) is 0 Å². The van der Waals surface area contributed by atoms with Crippen molar-refractivity contribution in [2.45, 2.75) is 25.9 Å². The summed E-state index contributed by atoms with van der Waals surface area (Å²) < 4.78 is 7.86. The predicted octanol–water partition coefficient (Wildman–Crippen LogP) is 5.58. The molecule has 0 aliphatic heterocycles. The first-order chi connectivity index (χ1) is 15.5. The lowest BCUT2D eigenvalue weighted by molar-refractivity contribution is -0.137. The minimum Gasteiger partial charge on any atom is -0.489 e. The third kappa shape index (κ3) is 5.06. The second-order valence-corrected chi connectivity index (χ2v) is 7.97. The zero-order chi connectivity index (χ0) is 22.5. The smallest absolute Gasteiger partial charge is 0.304 e. The number of hydrogen-bond acceptors (Lipinski definition) is 3. The van der Waals surface area contributed by atoms with Gasteiger partial charge in [0.05, 0.1) is 12.3 Å². The van der Waals surface area contributed by atoms with E-state index in [0.29, 0.717) is 6.61 Å². The molecule has 0 aliphatic rings. The average molecular weight is 427 g/mol. The van der Waals surface area contributed by atoms with E-state index in [-0.39, 0.29) is 12.3 Å². The van der Waals surface area contributed by atoms with Crippen molar-refractivity contribution in [1.82, 2.24) is 9.55 Å². The van der Waals surface area contributed by atoms with Crippen molar-refractivity contribution in [3.8, 4) is 16.9 Å². The molecule has 0 spiro atoms. The number of aliphatic carboxylic acids is 1. The van der Waals surface area contributed by atoms with E-state index < -0.39 is 5.97 Å². The molecule has 1 aromatic heterocycles. The minimum absolute atomic E-state index is 0.0170. The normalized spacial score (nSPS) is 11.8. The van der Waals surface area contributed by atoms with Crippen molar-refractivity contribution in [3.63, 3.8) is 0 Å². The SMILES string of the molecule is Cc1ccc(-c2cccc(COc3ccc([C@H](CC(=O)O)c4nccn4C)cc3)c2)cc1. The monoisotopic (exact) mass is 426 g/mol. The number of carboxylic acid groups (broad SMARTS) is 1. The van der Waals surface area contributed by atoms with Gasteiger partial charge in [0.15, 0.2) is 0 Å². The molecule has 4 aromatic rings. The molecule has 5 heteroatoms. The summed E-state index contributed by atoms with van der Waals surface area (Å²) in [6, 6.07) is 24.4. The molecule has 3 aromatic carbocycles. The Bertz CT molecular complexity index is 1190. The lowest BCUT2D eigenvalue weighted by atomic mass is 9.94. The number of benzene rings is 3. The first-order valence-electron chi connectivity index (χ1n) is 10.6. The largest absolute Gasteiger partial charge is 0.489 e. The second-order valence-electron chi connectivity index (χ2n) is 7.97. The van der Waals surface area contributed by atoms with E-state index in [0.717, 1.165) is 28.3 Å². The molecule has 5 nitrogen and oxygen atoms in total. The Morgan fingerprint density at radius 1 is 1.03 bits per heavy atom. The number of aromatic nitrogens is 2. The maximum absolute atomic E-state index is 11.4. The van der Waals surface area contributed by atoms with E-state index in [1.807, 2.05) is 48.1 Å². The lowest BCUT2D eigenvalue weighted by Gasteiger charge is -2.16. The highest BCUT2D eigenvalue weighted by Gasteiger charge is 2.21. The Morgan fingerprint density at radius 3 is 2.44 bits per heavy atom. The fraction of sp³-hybridized carbons (Fsp3) is 0.185. The number of carboxylic acids is 1. The molecule has 0 saturated heterocycles. The summed E-state index contributed by atoms with van der Waals surface area (Å²) in [5.41, 5.74) is 5.57. The Kier molecular flexibility index (Phi) is 6.36. The summed E-state index contributed by atoms with van der Waals surface area (Å²) in [6.07, 6.45) is 3.50. The fourth-order valence-electron chi connectivity index (χ4n) is 3.80. The molecule has 4 rings (SSSR count). The van der Waals surface area contributed by atoms with Gasteiger partial charge < -0.3 is 14.4 Å². The Hall–Kier alpha value is -3.86. The molecule has 1 N–H and O–H groups in total. The van der Waals surface area contributed by atoms with Crippen molar-refractivity contribution < 1.29 is 14.6 Å². The van der Waals surface area contributed by atoms with Crippen molar-refractivity contribution in [2.75, 3.05) is 0 Å². The molecule has 0 bridgehead atoms. The molecular weight excluding hydrogens is 400 g/mol. The maximum atomic E-state index is 11.4. The van der Waals surface area contributed by atoms with E-state index in [9.17, 15) is 9.90 Å². The molecule has 0 radical (unpaired) electrons. The van der Waals surface area contributed by atoms with Crippen LogP contribution in [0.3, 0.4) is 0 Å². The van der Waals surface area contributed by atoms with Crippen LogP contribution >= 0.6 is 0 Å². The van der Waals surface area contributed by atoms with Gasteiger partial charge in [-0.05, 0) is 47.4 Å². The van der Waals surface area contributed by atoms with Gasteiger partial charge in [-0.25, -0.2) is 4.98 Å². The number of ether oxygens (including phenoxy) is 1. The van der Waals surface area contributed by atoms with E-state index in [4.69, 9.17) is 4.74 Å². The van der Waals surface area contributed by atoms with Gasteiger partial charge in [0.2, 0.25) is 0 Å². The standard InChI is InChI=1S/C27H26N2O3/c1-19-6-8-21(9-7-19)23-5-3-4-20(16-23)18-32-24-12-10-22(11-13-24)25(17-26(30)31)27-28-14-15-29(27)2/h3-16,25H,17-18H2,1-2H3,(H,30,31)/t25-/m0/s1. The summed E-state index contributed by atoms with van der Waals surface area (Å²) in [6.45, 7) is 2.54. The minimum atomic E-state index is -0.855. The molecular formula is C27H26N2O3. The highest BCUT2D eigenvalue weighted by Crippen LogP contribution is 2.28. The van der Waals surface area contributed by atoms with Crippen molar-refractivity contribution in [3.05, 3.63) is 108 Å². The van der Waals surface area contributed by atoms with Crippen LogP contribution in [-0.2, 0) is 18.4 Å². The third-order valence-corrected chi connectivity index (χ3v) is 5.55. The predicted molar refractivity (Wildman–Crippen MR) is 125 cm³/mol. The number of hydrogen-bond donors (Lipinski definition) is 1. The van der Waals surface area contributed by atoms with Crippen LogP contribution in [0.4, 0.5) is 0 Å². The summed E-state index contributed by atoms with van der Waals surface area (Å²) in [7, 11) is 1.87. The summed E-state index contributed by atoms with van der Waals surface area (Å²) in [5, 5.41) is 9.36. The first-order valence-corrected chi connectivity index (χ1v) is 10.6. The highest BCUT2D eigenvalue weighted by molar-refractivity contribution is 5.68.